The molecule has 34 heavy (non-hydrogen) atoms. The summed E-state index contributed by atoms with van der Waals surface area (Å²) in [4.78, 5) is 13.4. The molecule has 3 heterocycles. The van der Waals surface area contributed by atoms with Crippen LogP contribution in [-0.4, -0.2) is 38.2 Å². The van der Waals surface area contributed by atoms with Gasteiger partial charge in [-0.15, -0.1) is 0 Å². The minimum Gasteiger partial charge on any atom is -0.435 e. The van der Waals surface area contributed by atoms with Crippen molar-refractivity contribution in [3.8, 4) is 16.9 Å². The minimum atomic E-state index is -2.92. The Kier molecular flexibility index (Phi) is 5.53. The van der Waals surface area contributed by atoms with E-state index in [1.165, 1.54) is 0 Å². The van der Waals surface area contributed by atoms with Crippen molar-refractivity contribution >= 4 is 5.65 Å². The number of fused-ring (bicyclic) bond motifs is 3. The molecule has 0 radical (unpaired) electrons. The van der Waals surface area contributed by atoms with Gasteiger partial charge in [0.2, 0.25) is 0 Å². The van der Waals surface area contributed by atoms with E-state index in [9.17, 15) is 13.9 Å². The number of hydrogen-bond acceptors (Lipinski definition) is 6. The van der Waals surface area contributed by atoms with Crippen molar-refractivity contribution in [2.75, 3.05) is 7.11 Å². The molecule has 0 unspecified atom stereocenters. The summed E-state index contributed by atoms with van der Waals surface area (Å²) in [5, 5.41) is 10.1. The fourth-order valence-corrected chi connectivity index (χ4v) is 4.52. The maximum atomic E-state index is 13.1. The molecule has 0 fully saturated rings. The Bertz CT molecular complexity index is 1330. The van der Waals surface area contributed by atoms with Crippen molar-refractivity contribution in [3.05, 3.63) is 77.8 Å². The molecule has 5 rings (SSSR count). The SMILES string of the molecule is CO[C@@H]1C[C@H](c2ccccc2OC(F)F)c2c1nc1ccc(-c3cnc(C(C)(C)O)nc3)cn21. The quantitative estimate of drug-likeness (QED) is 0.438. The van der Waals surface area contributed by atoms with E-state index >= 15 is 0 Å². The van der Waals surface area contributed by atoms with Gasteiger partial charge in [-0.25, -0.2) is 15.0 Å². The number of ether oxygens (including phenoxy) is 2. The van der Waals surface area contributed by atoms with Crippen molar-refractivity contribution in [1.29, 1.82) is 0 Å². The van der Waals surface area contributed by atoms with Crippen molar-refractivity contribution in [1.82, 2.24) is 19.4 Å². The minimum absolute atomic E-state index is 0.145. The Morgan fingerprint density at radius 2 is 1.82 bits per heavy atom. The lowest BCUT2D eigenvalue weighted by Gasteiger charge is -2.18. The molecule has 0 saturated heterocycles. The molecule has 9 heteroatoms. The normalized spacial score (nSPS) is 18.0. The van der Waals surface area contributed by atoms with Crippen molar-refractivity contribution in [2.45, 2.75) is 44.5 Å². The summed E-state index contributed by atoms with van der Waals surface area (Å²) in [7, 11) is 1.62. The number of imidazole rings is 1. The first kappa shape index (κ1) is 22.4. The van der Waals surface area contributed by atoms with E-state index in [2.05, 4.69) is 9.97 Å². The Labute approximate surface area is 195 Å². The second-order valence-corrected chi connectivity index (χ2v) is 8.81. The van der Waals surface area contributed by atoms with Crippen molar-refractivity contribution in [3.63, 3.8) is 0 Å². The van der Waals surface area contributed by atoms with Crippen LogP contribution in [-0.2, 0) is 10.3 Å². The van der Waals surface area contributed by atoms with Crippen LogP contribution in [0.15, 0.2) is 55.0 Å². The highest BCUT2D eigenvalue weighted by Gasteiger charge is 2.38. The Hall–Kier alpha value is -3.43. The average Bonchev–Trinajstić information content (AvgIpc) is 3.35. The maximum absolute atomic E-state index is 13.1. The zero-order valence-corrected chi connectivity index (χ0v) is 18.9. The lowest BCUT2D eigenvalue weighted by Crippen LogP contribution is -2.19. The number of hydrogen-bond donors (Lipinski definition) is 1. The molecular formula is C25H24F2N4O3. The highest BCUT2D eigenvalue weighted by Crippen LogP contribution is 2.48. The van der Waals surface area contributed by atoms with Crippen LogP contribution in [0.5, 0.6) is 5.75 Å². The lowest BCUT2D eigenvalue weighted by atomic mass is 9.95. The van der Waals surface area contributed by atoms with Gasteiger partial charge < -0.3 is 19.0 Å². The number of aromatic nitrogens is 4. The van der Waals surface area contributed by atoms with Crippen LogP contribution in [0.1, 0.15) is 55.1 Å². The number of para-hydroxylation sites is 1. The number of pyridine rings is 1. The Balaban J connectivity index is 1.62. The summed E-state index contributed by atoms with van der Waals surface area (Å²) in [5.74, 6) is 0.236. The number of benzene rings is 1. The highest BCUT2D eigenvalue weighted by atomic mass is 19.3. The van der Waals surface area contributed by atoms with Gasteiger partial charge in [0.1, 0.15) is 23.1 Å². The van der Waals surface area contributed by atoms with E-state index in [-0.39, 0.29) is 17.8 Å². The molecule has 1 N–H and O–H groups in total. The molecule has 2 atom stereocenters. The summed E-state index contributed by atoms with van der Waals surface area (Å²) in [6.07, 6.45) is 5.57. The molecule has 0 bridgehead atoms. The summed E-state index contributed by atoms with van der Waals surface area (Å²) in [5.41, 5.74) is 3.54. The molecule has 7 nitrogen and oxygen atoms in total. The number of aliphatic hydroxyl groups is 1. The van der Waals surface area contributed by atoms with Gasteiger partial charge in [-0.3, -0.25) is 0 Å². The standard InChI is InChI=1S/C25H24F2N4O3/c1-25(2,32)23-28-11-15(12-29-23)14-8-9-20-30-21-19(33-3)10-17(22(21)31(20)13-14)16-6-4-5-7-18(16)34-24(26)27/h4-9,11-13,17,19,24,32H,10H2,1-3H3/t17-,19-/m1/s1. The number of halogens is 2. The maximum Gasteiger partial charge on any atom is 0.387 e. The van der Waals surface area contributed by atoms with Gasteiger partial charge in [-0.1, -0.05) is 18.2 Å². The third-order valence-corrected chi connectivity index (χ3v) is 6.10. The molecular weight excluding hydrogens is 442 g/mol. The third-order valence-electron chi connectivity index (χ3n) is 6.10. The lowest BCUT2D eigenvalue weighted by molar-refractivity contribution is -0.0506. The zero-order chi connectivity index (χ0) is 24.0. The number of rotatable bonds is 6. The first-order valence-electron chi connectivity index (χ1n) is 10.9. The molecule has 0 amide bonds. The molecule has 176 valence electrons. The molecule has 4 aromatic rings. The third kappa shape index (κ3) is 3.91. The number of nitrogens with zero attached hydrogens (tertiary/aromatic N) is 4. The smallest absolute Gasteiger partial charge is 0.387 e. The monoisotopic (exact) mass is 466 g/mol. The van der Waals surface area contributed by atoms with Crippen LogP contribution >= 0.6 is 0 Å². The molecule has 1 aliphatic rings. The molecule has 0 saturated carbocycles. The van der Waals surface area contributed by atoms with Crippen LogP contribution in [0.4, 0.5) is 8.78 Å². The number of alkyl halides is 2. The van der Waals surface area contributed by atoms with E-state index < -0.39 is 12.2 Å². The fraction of sp³-hybridized carbons (Fsp3) is 0.320. The van der Waals surface area contributed by atoms with Crippen molar-refractivity contribution < 1.29 is 23.4 Å². The summed E-state index contributed by atoms with van der Waals surface area (Å²) in [6.45, 7) is 0.344. The van der Waals surface area contributed by atoms with Gasteiger partial charge in [-0.2, -0.15) is 8.78 Å². The van der Waals surface area contributed by atoms with Gasteiger partial charge in [0, 0.05) is 48.3 Å². The van der Waals surface area contributed by atoms with E-state index in [1.807, 2.05) is 28.8 Å². The summed E-state index contributed by atoms with van der Waals surface area (Å²) < 4.78 is 38.6. The predicted octanol–water partition coefficient (Wildman–Crippen LogP) is 4.84. The Morgan fingerprint density at radius 3 is 2.50 bits per heavy atom. The van der Waals surface area contributed by atoms with E-state index in [4.69, 9.17) is 14.5 Å². The number of methoxy groups -OCH3 is 1. The second-order valence-electron chi connectivity index (χ2n) is 8.81. The van der Waals surface area contributed by atoms with Gasteiger partial charge in [-0.05, 0) is 38.5 Å². The second kappa shape index (κ2) is 8.41. The van der Waals surface area contributed by atoms with Gasteiger partial charge in [0.15, 0.2) is 5.82 Å². The van der Waals surface area contributed by atoms with Gasteiger partial charge >= 0.3 is 6.61 Å². The van der Waals surface area contributed by atoms with E-state index in [0.717, 1.165) is 28.2 Å². The molecule has 1 aromatic carbocycles. The molecule has 0 aliphatic heterocycles. The molecule has 1 aliphatic carbocycles. The van der Waals surface area contributed by atoms with Crippen LogP contribution < -0.4 is 4.74 Å². The fourth-order valence-electron chi connectivity index (χ4n) is 4.52. The van der Waals surface area contributed by atoms with Crippen LogP contribution in [0, 0.1) is 0 Å². The van der Waals surface area contributed by atoms with E-state index in [1.54, 1.807) is 51.6 Å². The van der Waals surface area contributed by atoms with Gasteiger partial charge in [0.25, 0.3) is 0 Å². The Morgan fingerprint density at radius 1 is 1.09 bits per heavy atom. The summed E-state index contributed by atoms with van der Waals surface area (Å²) >= 11 is 0. The van der Waals surface area contributed by atoms with E-state index in [0.29, 0.717) is 17.8 Å². The van der Waals surface area contributed by atoms with Crippen LogP contribution in [0.2, 0.25) is 0 Å². The largest absolute Gasteiger partial charge is 0.435 e. The first-order chi connectivity index (χ1) is 16.3. The first-order valence-corrected chi connectivity index (χ1v) is 10.9. The predicted molar refractivity (Wildman–Crippen MR) is 121 cm³/mol. The highest BCUT2D eigenvalue weighted by molar-refractivity contribution is 5.64. The topological polar surface area (TPSA) is 81.8 Å². The van der Waals surface area contributed by atoms with Crippen molar-refractivity contribution in [2.24, 2.45) is 0 Å². The van der Waals surface area contributed by atoms with Crippen LogP contribution in [0.25, 0.3) is 16.8 Å². The summed E-state index contributed by atoms with van der Waals surface area (Å²) in [6, 6.07) is 10.7. The molecule has 0 spiro atoms. The molecule has 3 aromatic heterocycles. The van der Waals surface area contributed by atoms with Crippen LogP contribution in [0.3, 0.4) is 0 Å². The average molecular weight is 466 g/mol. The zero-order valence-electron chi connectivity index (χ0n) is 18.9. The van der Waals surface area contributed by atoms with Gasteiger partial charge in [0.05, 0.1) is 11.4 Å².